The topological polar surface area (TPSA) is 279 Å². The van der Waals surface area contributed by atoms with Crippen molar-refractivity contribution in [1.29, 1.82) is 0 Å². The van der Waals surface area contributed by atoms with E-state index in [0.29, 0.717) is 38.0 Å². The van der Waals surface area contributed by atoms with Gasteiger partial charge in [0.05, 0.1) is 6.04 Å². The highest BCUT2D eigenvalue weighted by Gasteiger charge is 2.30. The van der Waals surface area contributed by atoms with Crippen molar-refractivity contribution in [2.24, 2.45) is 44.6 Å². The van der Waals surface area contributed by atoms with Crippen LogP contribution in [0, 0.1) is 5.92 Å². The number of rotatable bonds is 20. The standard InChI is InChI=1S/C23H46N10O5S/c1-13(2)12-17(20(36)32-16(21(37)38)7-5-10-30-23(27)28)33-19(35)15(8-11-39-3)31-18(34)14(24)6-4-9-29-22(25)26/h13-17H,4-12,24H2,1-3H3,(H,31,34)(H,32,36)(H,33,35)(H,37,38)(H4,25,26,29)(H4,27,28,30). The number of carboxylic acid groups (broad SMARTS) is 1. The van der Waals surface area contributed by atoms with Crippen molar-refractivity contribution < 1.29 is 24.3 Å². The number of guanidine groups is 2. The largest absolute Gasteiger partial charge is 0.480 e. The molecule has 0 saturated heterocycles. The van der Waals surface area contributed by atoms with Crippen molar-refractivity contribution in [3.8, 4) is 0 Å². The van der Waals surface area contributed by atoms with Gasteiger partial charge >= 0.3 is 5.97 Å². The Morgan fingerprint density at radius 3 is 1.74 bits per heavy atom. The Balaban J connectivity index is 5.38. The minimum absolute atomic E-state index is 0.00377. The molecule has 0 aromatic heterocycles. The minimum Gasteiger partial charge on any atom is -0.480 e. The van der Waals surface area contributed by atoms with Crippen molar-refractivity contribution >= 4 is 47.4 Å². The molecule has 0 rings (SSSR count). The SMILES string of the molecule is CSCCC(NC(=O)C(N)CCCN=C(N)N)C(=O)NC(CC(C)C)C(=O)NC(CCCN=C(N)N)C(=O)O. The fraction of sp³-hybridized carbons (Fsp3) is 0.739. The molecule has 0 aromatic rings. The summed E-state index contributed by atoms with van der Waals surface area (Å²) in [6, 6.07) is -4.03. The number of hydrogen-bond acceptors (Lipinski definition) is 8. The molecule has 39 heavy (non-hydrogen) atoms. The van der Waals surface area contributed by atoms with Gasteiger partial charge in [-0.1, -0.05) is 13.8 Å². The number of carboxylic acids is 1. The summed E-state index contributed by atoms with van der Waals surface area (Å²) in [5, 5.41) is 17.4. The molecular weight excluding hydrogens is 528 g/mol. The molecule has 224 valence electrons. The highest BCUT2D eigenvalue weighted by molar-refractivity contribution is 7.98. The van der Waals surface area contributed by atoms with Gasteiger partial charge < -0.3 is 49.7 Å². The zero-order chi connectivity index (χ0) is 30.0. The van der Waals surface area contributed by atoms with E-state index in [0.717, 1.165) is 0 Å². The molecule has 16 heteroatoms. The third-order valence-electron chi connectivity index (χ3n) is 5.45. The van der Waals surface area contributed by atoms with Gasteiger partial charge in [0, 0.05) is 13.1 Å². The van der Waals surface area contributed by atoms with E-state index in [1.54, 1.807) is 0 Å². The monoisotopic (exact) mass is 574 g/mol. The maximum Gasteiger partial charge on any atom is 0.326 e. The second-order valence-corrected chi connectivity index (χ2v) is 10.4. The molecule has 0 heterocycles. The number of carbonyl (C=O) groups excluding carboxylic acids is 3. The van der Waals surface area contributed by atoms with Crippen molar-refractivity contribution in [3.05, 3.63) is 0 Å². The van der Waals surface area contributed by atoms with Crippen LogP contribution < -0.4 is 44.6 Å². The quantitative estimate of drug-likeness (QED) is 0.0425. The Hall–Kier alpha value is -3.27. The minimum atomic E-state index is -1.22. The number of hydrogen-bond donors (Lipinski definition) is 9. The van der Waals surface area contributed by atoms with Gasteiger partial charge in [-0.2, -0.15) is 11.8 Å². The number of amides is 3. The van der Waals surface area contributed by atoms with Crippen LogP contribution in [0.2, 0.25) is 0 Å². The molecule has 0 radical (unpaired) electrons. The lowest BCUT2D eigenvalue weighted by molar-refractivity contribution is -0.142. The summed E-state index contributed by atoms with van der Waals surface area (Å²) in [6.07, 6.45) is 3.61. The zero-order valence-corrected chi connectivity index (χ0v) is 23.8. The molecule has 4 unspecified atom stereocenters. The van der Waals surface area contributed by atoms with E-state index in [1.165, 1.54) is 11.8 Å². The van der Waals surface area contributed by atoms with Crippen LogP contribution in [0.15, 0.2) is 9.98 Å². The maximum absolute atomic E-state index is 13.2. The van der Waals surface area contributed by atoms with E-state index >= 15 is 0 Å². The van der Waals surface area contributed by atoms with Gasteiger partial charge in [0.2, 0.25) is 17.7 Å². The van der Waals surface area contributed by atoms with Gasteiger partial charge in [-0.15, -0.1) is 0 Å². The van der Waals surface area contributed by atoms with Gasteiger partial charge in [-0.05, 0) is 56.5 Å². The summed E-state index contributed by atoms with van der Waals surface area (Å²) in [4.78, 5) is 58.2. The van der Waals surface area contributed by atoms with Crippen molar-refractivity contribution in [2.75, 3.05) is 25.1 Å². The number of carbonyl (C=O) groups is 4. The second-order valence-electron chi connectivity index (χ2n) is 9.44. The smallest absolute Gasteiger partial charge is 0.326 e. The molecule has 0 aliphatic heterocycles. The van der Waals surface area contributed by atoms with Gasteiger partial charge in [0.25, 0.3) is 0 Å². The zero-order valence-electron chi connectivity index (χ0n) is 23.0. The Labute approximate surface area is 233 Å². The van der Waals surface area contributed by atoms with Crippen LogP contribution in [0.3, 0.4) is 0 Å². The number of thioether (sulfide) groups is 1. The van der Waals surface area contributed by atoms with Crippen molar-refractivity contribution in [3.63, 3.8) is 0 Å². The average molecular weight is 575 g/mol. The first-order chi connectivity index (χ1) is 18.3. The Morgan fingerprint density at radius 2 is 1.26 bits per heavy atom. The lowest BCUT2D eigenvalue weighted by Crippen LogP contribution is -2.57. The van der Waals surface area contributed by atoms with E-state index in [1.807, 2.05) is 20.1 Å². The number of aliphatic imine (C=N–C) groups is 2. The predicted octanol–water partition coefficient (Wildman–Crippen LogP) is -2.24. The van der Waals surface area contributed by atoms with Crippen LogP contribution in [-0.2, 0) is 19.2 Å². The van der Waals surface area contributed by atoms with E-state index < -0.39 is 47.9 Å². The first-order valence-electron chi connectivity index (χ1n) is 12.8. The molecule has 0 aliphatic carbocycles. The Morgan fingerprint density at radius 1 is 0.769 bits per heavy atom. The van der Waals surface area contributed by atoms with Gasteiger partial charge in [-0.25, -0.2) is 4.79 Å². The van der Waals surface area contributed by atoms with Crippen molar-refractivity contribution in [1.82, 2.24) is 16.0 Å². The van der Waals surface area contributed by atoms with Crippen LogP contribution in [0.1, 0.15) is 52.4 Å². The summed E-state index contributed by atoms with van der Waals surface area (Å²) in [5.41, 5.74) is 27.1. The molecule has 4 atom stereocenters. The summed E-state index contributed by atoms with van der Waals surface area (Å²) >= 11 is 1.49. The van der Waals surface area contributed by atoms with Crippen LogP contribution in [-0.4, -0.2) is 90.0 Å². The maximum atomic E-state index is 13.2. The third kappa shape index (κ3) is 17.0. The van der Waals surface area contributed by atoms with Gasteiger partial charge in [-0.3, -0.25) is 24.4 Å². The normalized spacial score (nSPS) is 13.9. The summed E-state index contributed by atoms with van der Waals surface area (Å²) in [6.45, 7) is 4.26. The third-order valence-corrected chi connectivity index (χ3v) is 6.09. The predicted molar refractivity (Wildman–Crippen MR) is 154 cm³/mol. The average Bonchev–Trinajstić information content (AvgIpc) is 2.84. The van der Waals surface area contributed by atoms with E-state index in [2.05, 4.69) is 25.9 Å². The first-order valence-corrected chi connectivity index (χ1v) is 14.2. The molecular formula is C23H46N10O5S. The molecule has 0 fully saturated rings. The molecule has 3 amide bonds. The van der Waals surface area contributed by atoms with Gasteiger partial charge in [0.15, 0.2) is 11.9 Å². The van der Waals surface area contributed by atoms with E-state index in [4.69, 9.17) is 28.7 Å². The highest BCUT2D eigenvalue weighted by Crippen LogP contribution is 2.09. The fourth-order valence-corrected chi connectivity index (χ4v) is 3.91. The number of aliphatic carboxylic acids is 1. The lowest BCUT2D eigenvalue weighted by Gasteiger charge is -2.26. The first kappa shape index (κ1) is 35.7. The highest BCUT2D eigenvalue weighted by atomic mass is 32.2. The molecule has 0 aliphatic rings. The summed E-state index contributed by atoms with van der Waals surface area (Å²) in [7, 11) is 0. The number of nitrogens with one attached hydrogen (secondary N) is 3. The van der Waals surface area contributed by atoms with Crippen LogP contribution in [0.4, 0.5) is 0 Å². The molecule has 15 nitrogen and oxygen atoms in total. The lowest BCUT2D eigenvalue weighted by atomic mass is 10.0. The van der Waals surface area contributed by atoms with E-state index in [9.17, 15) is 24.3 Å². The molecule has 0 aromatic carbocycles. The fourth-order valence-electron chi connectivity index (χ4n) is 3.44. The van der Waals surface area contributed by atoms with Crippen LogP contribution in [0.5, 0.6) is 0 Å². The summed E-state index contributed by atoms with van der Waals surface area (Å²) in [5.74, 6) is -2.54. The van der Waals surface area contributed by atoms with Crippen LogP contribution >= 0.6 is 11.8 Å². The van der Waals surface area contributed by atoms with Gasteiger partial charge in [0.1, 0.15) is 18.1 Å². The van der Waals surface area contributed by atoms with Crippen LogP contribution in [0.25, 0.3) is 0 Å². The molecule has 0 saturated carbocycles. The number of nitrogens with two attached hydrogens (primary N) is 5. The Kier molecular flexibility index (Phi) is 18.1. The molecule has 0 bridgehead atoms. The number of nitrogens with zero attached hydrogens (tertiary/aromatic N) is 2. The summed E-state index contributed by atoms with van der Waals surface area (Å²) < 4.78 is 0. The van der Waals surface area contributed by atoms with Crippen molar-refractivity contribution in [2.45, 2.75) is 76.5 Å². The Bertz CT molecular complexity index is 847. The molecule has 0 spiro atoms. The molecule has 14 N–H and O–H groups in total. The van der Waals surface area contributed by atoms with E-state index in [-0.39, 0.29) is 37.2 Å². The second kappa shape index (κ2) is 19.7.